The Hall–Kier alpha value is -3.13. The van der Waals surface area contributed by atoms with Crippen LogP contribution in [0.5, 0.6) is 0 Å². The van der Waals surface area contributed by atoms with Crippen LogP contribution in [0.1, 0.15) is 53.2 Å². The molecule has 2 bridgehead atoms. The van der Waals surface area contributed by atoms with E-state index in [1.807, 2.05) is 26.1 Å². The second kappa shape index (κ2) is 14.2. The van der Waals surface area contributed by atoms with Crippen molar-refractivity contribution in [3.63, 3.8) is 0 Å². The molecule has 10 atom stereocenters. The largest absolute Gasteiger partial charge is 0.456 e. The average molecular weight is 657 g/mol. The maximum atomic E-state index is 13.3. The molecule has 1 aromatic heterocycles. The number of hydrogen-bond acceptors (Lipinski definition) is 11. The summed E-state index contributed by atoms with van der Waals surface area (Å²) < 4.78 is 38.1. The lowest BCUT2D eigenvalue weighted by Gasteiger charge is -2.41. The lowest BCUT2D eigenvalue weighted by atomic mass is 9.65. The molecular weight excluding hydrogens is 608 g/mol. The summed E-state index contributed by atoms with van der Waals surface area (Å²) in [6.45, 7) is 9.36. The number of aryl methyl sites for hydroxylation is 1. The third kappa shape index (κ3) is 7.48. The third-order valence-corrected chi connectivity index (χ3v) is 9.88. The van der Waals surface area contributed by atoms with Gasteiger partial charge in [0.25, 0.3) is 0 Å². The van der Waals surface area contributed by atoms with E-state index in [9.17, 15) is 19.8 Å². The van der Waals surface area contributed by atoms with E-state index in [1.54, 1.807) is 30.3 Å². The Labute approximate surface area is 276 Å². The highest BCUT2D eigenvalue weighted by Crippen LogP contribution is 2.49. The van der Waals surface area contributed by atoms with Crippen LogP contribution in [0.3, 0.4) is 0 Å². The quantitative estimate of drug-likeness (QED) is 0.229. The minimum Gasteiger partial charge on any atom is -0.456 e. The van der Waals surface area contributed by atoms with Gasteiger partial charge in [0, 0.05) is 38.9 Å². The van der Waals surface area contributed by atoms with Crippen LogP contribution in [0.25, 0.3) is 6.08 Å². The number of fused-ring (bicyclic) bond motifs is 3. The smallest absolute Gasteiger partial charge is 0.331 e. The standard InChI is InChI=1S/C35H48N2O10/c1-20(2)25-10-8-21(3)26-15-29(46-30(40)11-9-24-16-37(6)19-36-24)34(5)12-13-35(42-7,47-34)23(14-27(25)26)17-43-33-32(45-22(4)38)31(41)28(39)18-44-33/h8-9,11-14,16,19-20,25-29,31-33,39,41H,10,15,17-18H2,1-7H3/b11-9-,23-14-/t25-,26+,27+,28-,29+,31+,32-,33-,34+,35-/m1/s1. The van der Waals surface area contributed by atoms with E-state index in [1.165, 1.54) is 18.6 Å². The van der Waals surface area contributed by atoms with Crippen molar-refractivity contribution in [2.45, 2.75) is 89.6 Å². The summed E-state index contributed by atoms with van der Waals surface area (Å²) in [6.07, 6.45) is 10.3. The summed E-state index contributed by atoms with van der Waals surface area (Å²) >= 11 is 0. The molecule has 1 fully saturated rings. The molecule has 0 saturated carbocycles. The summed E-state index contributed by atoms with van der Waals surface area (Å²) in [4.78, 5) is 29.4. The molecule has 0 amide bonds. The van der Waals surface area contributed by atoms with Crippen molar-refractivity contribution in [1.29, 1.82) is 0 Å². The highest BCUT2D eigenvalue weighted by Gasteiger charge is 2.54. The SMILES string of the molecule is CO[C@]12C=C[C@](C)(O1)[C@@H](OC(=O)/C=C\c1cn(C)cn1)C[C@H]1C(C)=CC[C@H](C(C)C)[C@@H]1/C=C\2CO[C@@H]1OC[C@@H](O)[C@H](O)[C@H]1OC(C)=O. The zero-order valence-corrected chi connectivity index (χ0v) is 28.2. The number of esters is 2. The van der Waals surface area contributed by atoms with Crippen LogP contribution >= 0.6 is 0 Å². The van der Waals surface area contributed by atoms with Gasteiger partial charge in [0.2, 0.25) is 5.79 Å². The molecule has 12 nitrogen and oxygen atoms in total. The second-order valence-corrected chi connectivity index (χ2v) is 13.6. The molecule has 0 aromatic carbocycles. The number of aliphatic hydroxyl groups is 2. The van der Waals surface area contributed by atoms with Gasteiger partial charge < -0.3 is 43.2 Å². The van der Waals surface area contributed by atoms with E-state index < -0.39 is 54.0 Å². The lowest BCUT2D eigenvalue weighted by molar-refractivity contribution is -0.277. The molecule has 1 aromatic rings. The summed E-state index contributed by atoms with van der Waals surface area (Å²) in [5, 5.41) is 20.8. The Balaban J connectivity index is 1.49. The molecule has 0 unspecified atom stereocenters. The van der Waals surface area contributed by atoms with Crippen molar-refractivity contribution < 1.29 is 48.2 Å². The van der Waals surface area contributed by atoms with Crippen LogP contribution in [0, 0.1) is 23.7 Å². The minimum absolute atomic E-state index is 0.0137. The molecule has 4 aliphatic rings. The van der Waals surface area contributed by atoms with Gasteiger partial charge in [-0.25, -0.2) is 9.78 Å². The van der Waals surface area contributed by atoms with Crippen molar-refractivity contribution in [1.82, 2.24) is 9.55 Å². The van der Waals surface area contributed by atoms with Crippen LogP contribution in [-0.2, 0) is 45.1 Å². The number of nitrogens with zero attached hydrogens (tertiary/aromatic N) is 2. The maximum Gasteiger partial charge on any atom is 0.331 e. The first-order valence-electron chi connectivity index (χ1n) is 16.2. The van der Waals surface area contributed by atoms with Crippen LogP contribution in [0.2, 0.25) is 0 Å². The van der Waals surface area contributed by atoms with E-state index in [0.717, 1.165) is 6.42 Å². The molecule has 12 heteroatoms. The summed E-state index contributed by atoms with van der Waals surface area (Å²) in [7, 11) is 3.40. The van der Waals surface area contributed by atoms with Crippen LogP contribution in [0.15, 0.2) is 54.1 Å². The predicted octanol–water partition coefficient (Wildman–Crippen LogP) is 3.24. The Morgan fingerprint density at radius 3 is 2.66 bits per heavy atom. The fraction of sp³-hybridized carbons (Fsp3) is 0.629. The van der Waals surface area contributed by atoms with Crippen LogP contribution < -0.4 is 0 Å². The van der Waals surface area contributed by atoms with E-state index in [2.05, 4.69) is 37.9 Å². The molecule has 2 N–H and O–H groups in total. The Morgan fingerprint density at radius 1 is 1.23 bits per heavy atom. The summed E-state index contributed by atoms with van der Waals surface area (Å²) in [5.41, 5.74) is 1.43. The molecule has 0 spiro atoms. The van der Waals surface area contributed by atoms with E-state index in [-0.39, 0.29) is 31.0 Å². The lowest BCUT2D eigenvalue weighted by Crippen LogP contribution is -2.55. The highest BCUT2D eigenvalue weighted by molar-refractivity contribution is 5.86. The van der Waals surface area contributed by atoms with Gasteiger partial charge in [0.05, 0.1) is 25.2 Å². The fourth-order valence-corrected chi connectivity index (χ4v) is 7.17. The number of imidazole rings is 1. The molecule has 4 heterocycles. The molecule has 3 aliphatic heterocycles. The van der Waals surface area contributed by atoms with Gasteiger partial charge in [0.15, 0.2) is 12.4 Å². The number of carbonyl (C=O) groups excluding carboxylic acids is 2. The summed E-state index contributed by atoms with van der Waals surface area (Å²) in [6, 6.07) is 0. The molecule has 258 valence electrons. The number of aromatic nitrogens is 2. The Bertz CT molecular complexity index is 1430. The van der Waals surface area contributed by atoms with Crippen molar-refractivity contribution in [2.75, 3.05) is 20.3 Å². The number of carbonyl (C=O) groups is 2. The zero-order valence-electron chi connectivity index (χ0n) is 28.2. The summed E-state index contributed by atoms with van der Waals surface area (Å²) in [5.74, 6) is -1.90. The van der Waals surface area contributed by atoms with Gasteiger partial charge in [0.1, 0.15) is 23.9 Å². The molecule has 5 rings (SSSR count). The first kappa shape index (κ1) is 35.2. The first-order valence-corrected chi connectivity index (χ1v) is 16.2. The number of aliphatic hydroxyl groups excluding tert-OH is 2. The monoisotopic (exact) mass is 656 g/mol. The van der Waals surface area contributed by atoms with Gasteiger partial charge >= 0.3 is 11.9 Å². The normalized spacial score (nSPS) is 38.2. The van der Waals surface area contributed by atoms with Gasteiger partial charge in [-0.1, -0.05) is 31.6 Å². The molecular formula is C35H48N2O10. The highest BCUT2D eigenvalue weighted by atomic mass is 16.7. The molecule has 47 heavy (non-hydrogen) atoms. The van der Waals surface area contributed by atoms with Crippen LogP contribution in [-0.4, -0.2) is 94.1 Å². The molecule has 1 saturated heterocycles. The first-order chi connectivity index (χ1) is 22.2. The van der Waals surface area contributed by atoms with Crippen molar-refractivity contribution in [3.05, 3.63) is 59.7 Å². The van der Waals surface area contributed by atoms with Crippen molar-refractivity contribution in [3.8, 4) is 0 Å². The maximum absolute atomic E-state index is 13.3. The number of methoxy groups -OCH3 is 1. The third-order valence-electron chi connectivity index (χ3n) is 9.88. The second-order valence-electron chi connectivity index (χ2n) is 13.6. The van der Waals surface area contributed by atoms with Crippen LogP contribution in [0.4, 0.5) is 0 Å². The van der Waals surface area contributed by atoms with Crippen molar-refractivity contribution in [2.24, 2.45) is 30.7 Å². The van der Waals surface area contributed by atoms with Crippen molar-refractivity contribution >= 4 is 18.0 Å². The van der Waals surface area contributed by atoms with E-state index >= 15 is 0 Å². The molecule has 0 radical (unpaired) electrons. The van der Waals surface area contributed by atoms with Gasteiger partial charge in [-0.2, -0.15) is 0 Å². The van der Waals surface area contributed by atoms with Gasteiger partial charge in [-0.3, -0.25) is 4.79 Å². The average Bonchev–Trinajstić information content (AvgIpc) is 3.61. The van der Waals surface area contributed by atoms with E-state index in [4.69, 9.17) is 28.4 Å². The minimum atomic E-state index is -1.39. The number of hydrogen-bond donors (Lipinski definition) is 2. The molecule has 1 aliphatic carbocycles. The fourth-order valence-electron chi connectivity index (χ4n) is 7.17. The number of rotatable bonds is 9. The van der Waals surface area contributed by atoms with E-state index in [0.29, 0.717) is 23.6 Å². The number of allylic oxidation sites excluding steroid dienone is 3. The zero-order chi connectivity index (χ0) is 34.1. The Kier molecular flexibility index (Phi) is 10.6. The topological polar surface area (TPSA) is 148 Å². The number of ether oxygens (including phenoxy) is 6. The van der Waals surface area contributed by atoms with Gasteiger partial charge in [-0.05, 0) is 68.6 Å². The predicted molar refractivity (Wildman–Crippen MR) is 170 cm³/mol. The van der Waals surface area contributed by atoms with Gasteiger partial charge in [-0.15, -0.1) is 0 Å². The Morgan fingerprint density at radius 2 is 2.00 bits per heavy atom.